The maximum absolute atomic E-state index is 12.3. The molecule has 1 aromatic rings. The Labute approximate surface area is 128 Å². The minimum absolute atomic E-state index is 0.160. The van der Waals surface area contributed by atoms with Gasteiger partial charge in [-0.2, -0.15) is 0 Å². The van der Waals surface area contributed by atoms with Gasteiger partial charge in [0.25, 0.3) is 0 Å². The number of ketones is 1. The number of carbonyl (C=O) groups is 1. The molecule has 1 unspecified atom stereocenters. The summed E-state index contributed by atoms with van der Waals surface area (Å²) in [5.41, 5.74) is 0.975. The van der Waals surface area contributed by atoms with Crippen LogP contribution in [0.5, 0.6) is 5.75 Å². The van der Waals surface area contributed by atoms with E-state index in [9.17, 15) is 15.0 Å². The third-order valence-electron chi connectivity index (χ3n) is 3.37. The first-order valence-electron chi connectivity index (χ1n) is 6.76. The van der Waals surface area contributed by atoms with Crippen LogP contribution in [0.4, 0.5) is 0 Å². The van der Waals surface area contributed by atoms with Gasteiger partial charge < -0.3 is 19.7 Å². The normalized spacial score (nSPS) is 18.3. The number of hydrogen-bond acceptors (Lipinski definition) is 5. The van der Waals surface area contributed by atoms with E-state index in [1.807, 2.05) is 0 Å². The molecule has 0 bridgehead atoms. The van der Waals surface area contributed by atoms with Gasteiger partial charge >= 0.3 is 0 Å². The molecule has 0 amide bonds. The largest absolute Gasteiger partial charge is 0.508 e. The first kappa shape index (κ1) is 15.9. The van der Waals surface area contributed by atoms with Crippen molar-refractivity contribution in [3.05, 3.63) is 59.1 Å². The van der Waals surface area contributed by atoms with Crippen LogP contribution in [-0.2, 0) is 14.3 Å². The van der Waals surface area contributed by atoms with E-state index in [0.29, 0.717) is 17.9 Å². The molecule has 0 heterocycles. The fourth-order valence-corrected chi connectivity index (χ4v) is 2.19. The predicted octanol–water partition coefficient (Wildman–Crippen LogP) is 2.17. The molecule has 0 radical (unpaired) electrons. The Morgan fingerprint density at radius 3 is 2.50 bits per heavy atom. The van der Waals surface area contributed by atoms with Crippen LogP contribution < -0.4 is 0 Å². The van der Waals surface area contributed by atoms with Crippen molar-refractivity contribution in [1.29, 1.82) is 0 Å². The Morgan fingerprint density at radius 1 is 1.23 bits per heavy atom. The highest BCUT2D eigenvalue weighted by Crippen LogP contribution is 2.27. The number of phenolic OH excluding ortho intramolecular Hbond substituents is 1. The molecule has 0 fully saturated rings. The standard InChI is InChI=1S/C17H18O5/c1-21-13-9-15(20)17(16(10-13)22-2)14(19)8-5-11-3-6-12(18)7-4-11/h3-9,15,18,20H,10H2,1-2H3. The van der Waals surface area contributed by atoms with E-state index in [4.69, 9.17) is 9.47 Å². The van der Waals surface area contributed by atoms with Gasteiger partial charge in [-0.05, 0) is 29.8 Å². The number of rotatable bonds is 5. The van der Waals surface area contributed by atoms with Crippen LogP contribution in [-0.4, -0.2) is 36.3 Å². The average Bonchev–Trinajstić information content (AvgIpc) is 2.53. The number of carbonyl (C=O) groups excluding carboxylic acids is 1. The number of phenols is 1. The minimum atomic E-state index is -1.06. The molecule has 0 saturated heterocycles. The smallest absolute Gasteiger partial charge is 0.188 e. The van der Waals surface area contributed by atoms with E-state index in [1.165, 1.54) is 38.5 Å². The molecular weight excluding hydrogens is 284 g/mol. The van der Waals surface area contributed by atoms with Crippen molar-refractivity contribution in [2.75, 3.05) is 14.2 Å². The Hall–Kier alpha value is -2.53. The summed E-state index contributed by atoms with van der Waals surface area (Å²) in [6, 6.07) is 6.44. The summed E-state index contributed by atoms with van der Waals surface area (Å²) in [7, 11) is 2.96. The fraction of sp³-hybridized carbons (Fsp3) is 0.235. The van der Waals surface area contributed by atoms with Crippen LogP contribution in [0.25, 0.3) is 6.08 Å². The van der Waals surface area contributed by atoms with Crippen molar-refractivity contribution in [1.82, 2.24) is 0 Å². The van der Waals surface area contributed by atoms with Crippen molar-refractivity contribution in [2.24, 2.45) is 0 Å². The van der Waals surface area contributed by atoms with Gasteiger partial charge in [-0.1, -0.05) is 18.2 Å². The van der Waals surface area contributed by atoms with Gasteiger partial charge in [0, 0.05) is 0 Å². The quantitative estimate of drug-likeness (QED) is 0.815. The molecule has 5 nitrogen and oxygen atoms in total. The van der Waals surface area contributed by atoms with Crippen molar-refractivity contribution < 1.29 is 24.5 Å². The van der Waals surface area contributed by atoms with Gasteiger partial charge in [-0.3, -0.25) is 4.79 Å². The van der Waals surface area contributed by atoms with Crippen molar-refractivity contribution in [3.8, 4) is 5.75 Å². The Balaban J connectivity index is 2.20. The maximum atomic E-state index is 12.3. The van der Waals surface area contributed by atoms with E-state index < -0.39 is 6.10 Å². The second-order valence-corrected chi connectivity index (χ2v) is 4.79. The Bertz CT molecular complexity index is 638. The maximum Gasteiger partial charge on any atom is 0.188 e. The molecule has 0 aromatic heterocycles. The first-order chi connectivity index (χ1) is 10.5. The Kier molecular flexibility index (Phi) is 5.01. The third kappa shape index (κ3) is 3.56. The van der Waals surface area contributed by atoms with E-state index in [2.05, 4.69) is 0 Å². The molecular formula is C17H18O5. The molecule has 1 atom stereocenters. The highest BCUT2D eigenvalue weighted by Gasteiger charge is 2.26. The topological polar surface area (TPSA) is 76.0 Å². The zero-order valence-electron chi connectivity index (χ0n) is 12.4. The SMILES string of the molecule is COC1=CC(O)C(C(=O)C=Cc2ccc(O)cc2)=C(OC)C1. The van der Waals surface area contributed by atoms with Crippen molar-refractivity contribution in [2.45, 2.75) is 12.5 Å². The second-order valence-electron chi connectivity index (χ2n) is 4.79. The molecule has 1 aliphatic carbocycles. The van der Waals surface area contributed by atoms with E-state index in [-0.39, 0.29) is 17.1 Å². The van der Waals surface area contributed by atoms with Gasteiger partial charge in [-0.15, -0.1) is 0 Å². The van der Waals surface area contributed by atoms with Crippen LogP contribution in [0.3, 0.4) is 0 Å². The van der Waals surface area contributed by atoms with Crippen LogP contribution in [0, 0.1) is 0 Å². The number of aliphatic hydroxyl groups is 1. The molecule has 0 saturated carbocycles. The molecule has 5 heteroatoms. The van der Waals surface area contributed by atoms with Gasteiger partial charge in [0.15, 0.2) is 5.78 Å². The molecule has 1 aliphatic rings. The van der Waals surface area contributed by atoms with Crippen molar-refractivity contribution >= 4 is 11.9 Å². The third-order valence-corrected chi connectivity index (χ3v) is 3.37. The molecule has 2 N–H and O–H groups in total. The number of methoxy groups -OCH3 is 2. The summed E-state index contributed by atoms with van der Waals surface area (Å²) in [5.74, 6) is 0.784. The molecule has 1 aromatic carbocycles. The number of ether oxygens (including phenoxy) is 2. The molecule has 0 aliphatic heterocycles. The highest BCUT2D eigenvalue weighted by molar-refractivity contribution is 6.07. The van der Waals surface area contributed by atoms with E-state index in [1.54, 1.807) is 18.2 Å². The fourth-order valence-electron chi connectivity index (χ4n) is 2.19. The summed E-state index contributed by atoms with van der Waals surface area (Å²) in [6.45, 7) is 0. The molecule has 116 valence electrons. The van der Waals surface area contributed by atoms with Crippen LogP contribution >= 0.6 is 0 Å². The molecule has 2 rings (SSSR count). The lowest BCUT2D eigenvalue weighted by Crippen LogP contribution is -2.22. The number of allylic oxidation sites excluding steroid dienone is 1. The van der Waals surface area contributed by atoms with Crippen LogP contribution in [0.2, 0.25) is 0 Å². The van der Waals surface area contributed by atoms with E-state index in [0.717, 1.165) is 5.56 Å². The molecule has 0 spiro atoms. The summed E-state index contributed by atoms with van der Waals surface area (Å²) >= 11 is 0. The van der Waals surface area contributed by atoms with Crippen molar-refractivity contribution in [3.63, 3.8) is 0 Å². The van der Waals surface area contributed by atoms with E-state index >= 15 is 0 Å². The monoisotopic (exact) mass is 302 g/mol. The Morgan fingerprint density at radius 2 is 1.91 bits per heavy atom. The minimum Gasteiger partial charge on any atom is -0.508 e. The van der Waals surface area contributed by atoms with Crippen LogP contribution in [0.1, 0.15) is 12.0 Å². The van der Waals surface area contributed by atoms with Gasteiger partial charge in [0.05, 0.1) is 26.2 Å². The summed E-state index contributed by atoms with van der Waals surface area (Å²) in [5, 5.41) is 19.3. The first-order valence-corrected chi connectivity index (χ1v) is 6.76. The second kappa shape index (κ2) is 6.95. The summed E-state index contributed by atoms with van der Waals surface area (Å²) in [4.78, 5) is 12.3. The van der Waals surface area contributed by atoms with Gasteiger partial charge in [-0.25, -0.2) is 0 Å². The average molecular weight is 302 g/mol. The number of aliphatic hydroxyl groups excluding tert-OH is 1. The van der Waals surface area contributed by atoms with Gasteiger partial charge in [0.2, 0.25) is 0 Å². The zero-order chi connectivity index (χ0) is 16.1. The lowest BCUT2D eigenvalue weighted by atomic mass is 9.95. The lowest BCUT2D eigenvalue weighted by molar-refractivity contribution is -0.112. The highest BCUT2D eigenvalue weighted by atomic mass is 16.5. The summed E-state index contributed by atoms with van der Waals surface area (Å²) < 4.78 is 10.3. The summed E-state index contributed by atoms with van der Waals surface area (Å²) in [6.07, 6.45) is 3.75. The van der Waals surface area contributed by atoms with Gasteiger partial charge in [0.1, 0.15) is 23.4 Å². The number of benzene rings is 1. The lowest BCUT2D eigenvalue weighted by Gasteiger charge is -2.21. The number of hydrogen-bond donors (Lipinski definition) is 2. The predicted molar refractivity (Wildman–Crippen MR) is 81.9 cm³/mol. The van der Waals surface area contributed by atoms with Crippen LogP contribution in [0.15, 0.2) is 53.5 Å². The molecule has 22 heavy (non-hydrogen) atoms. The zero-order valence-corrected chi connectivity index (χ0v) is 12.4. The number of aromatic hydroxyl groups is 1.